The van der Waals surface area contributed by atoms with Gasteiger partial charge in [0.05, 0.1) is 0 Å². The zero-order valence-corrected chi connectivity index (χ0v) is 36.7. The minimum Gasteiger partial charge on any atom is -0.368 e. The molecule has 0 aromatic heterocycles. The summed E-state index contributed by atoms with van der Waals surface area (Å²) in [7, 11) is -27.7. The molecule has 0 saturated carbocycles. The van der Waals surface area contributed by atoms with Crippen LogP contribution in [-0.2, 0) is 0 Å². The number of hydrogen-bond donors (Lipinski definition) is 48. The summed E-state index contributed by atoms with van der Waals surface area (Å²) in [6.07, 6.45) is 0. The van der Waals surface area contributed by atoms with Crippen LogP contribution in [0.3, 0.4) is 0 Å². The maximum absolute atomic E-state index is 7.33. The molecule has 0 aliphatic carbocycles. The van der Waals surface area contributed by atoms with E-state index in [0.717, 1.165) is 0 Å². The summed E-state index contributed by atoms with van der Waals surface area (Å²) < 4.78 is 0. The Bertz CT molecular complexity index is 261. The summed E-state index contributed by atoms with van der Waals surface area (Å²) in [5.74, 6) is 0. The lowest BCUT2D eigenvalue weighted by Crippen LogP contribution is -2.33. The highest BCUT2D eigenvalue weighted by Crippen LogP contribution is 1.69. The Morgan fingerprint density at radius 3 is 0.0926 bits per heavy atom. The second-order valence-corrected chi connectivity index (χ2v) is 10.8. The fourth-order valence-corrected chi connectivity index (χ4v) is 0. The van der Waals surface area contributed by atoms with Crippen molar-refractivity contribution in [2.45, 2.75) is 0 Å². The molecule has 0 atom stereocenters. The average Bonchev–Trinajstić information content (AvgIpc) is 1.94. The van der Waals surface area contributed by atoms with E-state index in [-0.39, 0.29) is 148 Å². The Balaban J connectivity index is -0.00000000420. The lowest BCUT2D eigenvalue weighted by Gasteiger charge is -1.91. The Labute approximate surface area is 317 Å². The van der Waals surface area contributed by atoms with E-state index in [4.69, 9.17) is 115 Å². The minimum absolute atomic E-state index is 0. The van der Waals surface area contributed by atoms with E-state index in [0.29, 0.717) is 0 Å². The van der Waals surface area contributed by atoms with Crippen LogP contribution in [0.1, 0.15) is 0 Å². The third-order valence-electron chi connectivity index (χ3n) is 0. The Morgan fingerprint density at radius 2 is 0.0926 bits per heavy atom. The fourth-order valence-electron chi connectivity index (χ4n) is 0. The van der Waals surface area contributed by atoms with Crippen LogP contribution in [0.4, 0.5) is 0 Å². The van der Waals surface area contributed by atoms with Gasteiger partial charge in [-0.25, -0.2) is 0 Å². The highest BCUT2D eigenvalue weighted by molar-refractivity contribution is 6.48. The monoisotopic (exact) mass is 985 g/mol. The zero-order valence-electron chi connectivity index (χ0n) is 30.7. The highest BCUT2D eigenvalue weighted by Gasteiger charge is 2.24. The molecule has 0 saturated heterocycles. The summed E-state index contributed by atoms with van der Waals surface area (Å²) in [5.41, 5.74) is 0. The van der Waals surface area contributed by atoms with Crippen LogP contribution in [0, 0.1) is 0 Å². The molecule has 0 aliphatic heterocycles. The molecule has 54 heteroatoms. The van der Waals surface area contributed by atoms with Crippen molar-refractivity contribution in [3.05, 3.63) is 0 Å². The van der Waals surface area contributed by atoms with E-state index >= 15 is 0 Å². The molecule has 0 rings (SSSR count). The van der Waals surface area contributed by atoms with Gasteiger partial charge in [0.15, 0.2) is 0 Å². The lowest BCUT2D eigenvalue weighted by atomic mass is 14.0. The van der Waals surface area contributed by atoms with Crippen molar-refractivity contribution >= 4 is 54.3 Å². The largest absolute Gasteiger partial charge is 0.668 e. The molecule has 0 amide bonds. The van der Waals surface area contributed by atoms with Crippen LogP contribution in [0.2, 0.25) is 0 Å². The van der Waals surface area contributed by atoms with Gasteiger partial charge in [-0.3, -0.25) is 0 Å². The Hall–Kier alpha value is -0.619. The number of rotatable bonds is 0. The molecule has 0 aliphatic rings. The molecule has 96 N–H and O–H groups in total. The third-order valence-corrected chi connectivity index (χ3v) is 0. The summed E-state index contributed by atoms with van der Waals surface area (Å²) in [6.45, 7) is 0. The molecule has 384 valence electrons. The van der Waals surface area contributed by atoms with Gasteiger partial charge in [-0.15, -0.1) is 0 Å². The smallest absolute Gasteiger partial charge is 0.368 e. The molecule has 0 aromatic rings. The Kier molecular flexibility index (Phi) is 548. The van der Waals surface area contributed by atoms with Crippen molar-refractivity contribution in [1.82, 2.24) is 148 Å². The predicted molar refractivity (Wildman–Crippen MR) is 208 cm³/mol. The normalized spacial score (nSPS) is 6.67. The zero-order chi connectivity index (χ0) is 27.0. The van der Waals surface area contributed by atoms with Crippen LogP contribution in [0.25, 0.3) is 0 Å². The summed E-state index contributed by atoms with van der Waals surface area (Å²) in [6, 6.07) is 0. The first kappa shape index (κ1) is 268. The van der Waals surface area contributed by atoms with E-state index in [1.807, 2.05) is 0 Å². The average molecular weight is 985 g/mol. The molecular weight excluding hydrogens is 889 g/mol. The molecule has 54 heavy (non-hydrogen) atoms. The van der Waals surface area contributed by atoms with Crippen LogP contribution in [0.5, 0.6) is 0 Å². The molecule has 0 fully saturated rings. The second kappa shape index (κ2) is 110. The first-order valence-corrected chi connectivity index (χ1v) is 16.1. The van der Waals surface area contributed by atoms with Crippen LogP contribution >= 0.6 is 0 Å². The molecule has 0 radical (unpaired) electrons. The maximum atomic E-state index is 7.33. The van der Waals surface area contributed by atoms with Crippen LogP contribution in [0.15, 0.2) is 0 Å². The summed E-state index contributed by atoms with van der Waals surface area (Å²) in [5, 5.41) is 0. The van der Waals surface area contributed by atoms with Gasteiger partial charge in [0.2, 0.25) is 0 Å². The SMILES string of the molecule is N.N.N.N.N.N.N.N.N.N.N.N.N.N.N.N.N.N.N.N.N.N.N.N.O[Si](O)(O)O.O[Si](O)(O)O.O[Si](O)(O)O.O[Si](O)(O)O.O[Si](O)(O)O.O[Si](O)(O)O. The van der Waals surface area contributed by atoms with Crippen molar-refractivity contribution in [3.8, 4) is 0 Å². The lowest BCUT2D eigenvalue weighted by molar-refractivity contribution is 0.115. The maximum Gasteiger partial charge on any atom is 0.668 e. The molecule has 0 heterocycles. The summed E-state index contributed by atoms with van der Waals surface area (Å²) in [4.78, 5) is 176. The predicted octanol–water partition coefficient (Wildman–Crippen LogP) is -11.8. The third kappa shape index (κ3) is 341000. The van der Waals surface area contributed by atoms with Crippen molar-refractivity contribution in [2.75, 3.05) is 0 Å². The minimum atomic E-state index is -4.61. The van der Waals surface area contributed by atoms with Crippen LogP contribution in [-0.4, -0.2) is 169 Å². The molecule has 0 aromatic carbocycles. The van der Waals surface area contributed by atoms with E-state index in [2.05, 4.69) is 0 Å². The first-order chi connectivity index (χ1) is 12.0. The van der Waals surface area contributed by atoms with Gasteiger partial charge >= 0.3 is 54.3 Å². The van der Waals surface area contributed by atoms with Crippen molar-refractivity contribution in [2.24, 2.45) is 0 Å². The van der Waals surface area contributed by atoms with Gasteiger partial charge in [0, 0.05) is 0 Å². The van der Waals surface area contributed by atoms with Crippen molar-refractivity contribution in [3.63, 3.8) is 0 Å². The molecule has 0 spiro atoms. The first-order valence-electron chi connectivity index (χ1n) is 5.37. The second-order valence-electron chi connectivity index (χ2n) is 3.60. The van der Waals surface area contributed by atoms with E-state index in [9.17, 15) is 0 Å². The fraction of sp³-hybridized carbons (Fsp3) is 0. The van der Waals surface area contributed by atoms with Gasteiger partial charge in [-0.05, 0) is 0 Å². The van der Waals surface area contributed by atoms with Crippen molar-refractivity contribution in [1.29, 1.82) is 0 Å². The van der Waals surface area contributed by atoms with Gasteiger partial charge < -0.3 is 263 Å². The van der Waals surface area contributed by atoms with Gasteiger partial charge in [0.25, 0.3) is 0 Å². The van der Waals surface area contributed by atoms with Gasteiger partial charge in [-0.2, -0.15) is 0 Å². The summed E-state index contributed by atoms with van der Waals surface area (Å²) >= 11 is 0. The van der Waals surface area contributed by atoms with E-state index in [1.165, 1.54) is 0 Å². The van der Waals surface area contributed by atoms with Gasteiger partial charge in [0.1, 0.15) is 0 Å². The quantitative estimate of drug-likeness (QED) is 0.100. The highest BCUT2D eigenvalue weighted by atomic mass is 28.4. The van der Waals surface area contributed by atoms with Crippen molar-refractivity contribution < 1.29 is 115 Å². The van der Waals surface area contributed by atoms with Gasteiger partial charge in [-0.1, -0.05) is 0 Å². The molecule has 0 unspecified atom stereocenters. The van der Waals surface area contributed by atoms with E-state index in [1.54, 1.807) is 0 Å². The topological polar surface area (TPSA) is 1330 Å². The Morgan fingerprint density at radius 1 is 0.0926 bits per heavy atom. The number of hydrogen-bond acceptors (Lipinski definition) is 48. The molecular formula is H96N24O24Si6. The molecule has 48 nitrogen and oxygen atoms in total. The standard InChI is InChI=1S/24H3N.6H4O4Si/c;;;;;;;;;;;;;;;;;;;;;;;;6*1-5(2,3)4/h24*1H3;6*1-4H. The van der Waals surface area contributed by atoms with Crippen LogP contribution < -0.4 is 148 Å². The molecule has 0 bridgehead atoms. The van der Waals surface area contributed by atoms with E-state index < -0.39 is 54.3 Å².